The molecule has 3 rings (SSSR count). The number of rotatable bonds is 4. The van der Waals surface area contributed by atoms with Gasteiger partial charge in [0.1, 0.15) is 5.75 Å². The average molecular weight is 342 g/mol. The topological polar surface area (TPSA) is 41.6 Å². The summed E-state index contributed by atoms with van der Waals surface area (Å²) >= 11 is 1.86. The van der Waals surface area contributed by atoms with Crippen LogP contribution in [0.5, 0.6) is 5.75 Å². The standard InChI is InChI=1S/C16H20F2N2O2S/c17-16(18)22-13-3-4-14-11(8-13)2-1-6-20(14)15(21)9-12-10-23-7-5-19-12/h3-4,8,12,16,19H,1-2,5-7,9-10H2. The number of benzene rings is 1. The Morgan fingerprint density at radius 1 is 1.48 bits per heavy atom. The molecule has 1 fully saturated rings. The SMILES string of the molecule is O=C(CC1CSCCN1)N1CCCc2cc(OC(F)F)ccc21. The zero-order valence-electron chi connectivity index (χ0n) is 12.8. The van der Waals surface area contributed by atoms with Gasteiger partial charge in [-0.1, -0.05) is 0 Å². The van der Waals surface area contributed by atoms with Crippen LogP contribution >= 0.6 is 11.8 Å². The molecule has 1 atom stereocenters. The maximum atomic E-state index is 12.6. The summed E-state index contributed by atoms with van der Waals surface area (Å²) in [6, 6.07) is 5.06. The molecular formula is C16H20F2N2O2S. The number of fused-ring (bicyclic) bond motifs is 1. The number of carbonyl (C=O) groups is 1. The number of halogens is 2. The van der Waals surface area contributed by atoms with Crippen LogP contribution in [0.2, 0.25) is 0 Å². The van der Waals surface area contributed by atoms with Crippen molar-refractivity contribution in [2.75, 3.05) is 29.5 Å². The smallest absolute Gasteiger partial charge is 0.387 e. The van der Waals surface area contributed by atoms with E-state index in [1.807, 2.05) is 11.8 Å². The monoisotopic (exact) mass is 342 g/mol. The number of hydrogen-bond acceptors (Lipinski definition) is 4. The number of nitrogens with zero attached hydrogens (tertiary/aromatic N) is 1. The van der Waals surface area contributed by atoms with Crippen molar-refractivity contribution < 1.29 is 18.3 Å². The number of thioether (sulfide) groups is 1. The second-order valence-corrected chi connectivity index (χ2v) is 6.90. The second kappa shape index (κ2) is 7.49. The third-order valence-corrected chi connectivity index (χ3v) is 5.25. The largest absolute Gasteiger partial charge is 0.435 e. The van der Waals surface area contributed by atoms with Gasteiger partial charge in [-0.25, -0.2) is 0 Å². The normalized spacial score (nSPS) is 21.2. The van der Waals surface area contributed by atoms with E-state index in [1.165, 1.54) is 6.07 Å². The van der Waals surface area contributed by atoms with Gasteiger partial charge >= 0.3 is 6.61 Å². The van der Waals surface area contributed by atoms with Crippen LogP contribution in [0.4, 0.5) is 14.5 Å². The average Bonchev–Trinajstić information content (AvgIpc) is 2.54. The quantitative estimate of drug-likeness (QED) is 0.913. The number of ether oxygens (including phenoxy) is 1. The van der Waals surface area contributed by atoms with Crippen molar-refractivity contribution >= 4 is 23.4 Å². The van der Waals surface area contributed by atoms with Gasteiger partial charge < -0.3 is 15.0 Å². The summed E-state index contributed by atoms with van der Waals surface area (Å²) in [7, 11) is 0. The zero-order chi connectivity index (χ0) is 16.2. The molecule has 0 radical (unpaired) electrons. The number of anilines is 1. The summed E-state index contributed by atoms with van der Waals surface area (Å²) < 4.78 is 29.1. The molecule has 1 amide bonds. The number of carbonyl (C=O) groups excluding carboxylic acids is 1. The van der Waals surface area contributed by atoms with Crippen molar-refractivity contribution in [3.8, 4) is 5.75 Å². The maximum Gasteiger partial charge on any atom is 0.387 e. The summed E-state index contributed by atoms with van der Waals surface area (Å²) in [5.74, 6) is 2.28. The molecule has 1 saturated heterocycles. The Morgan fingerprint density at radius 3 is 3.09 bits per heavy atom. The first-order valence-corrected chi connectivity index (χ1v) is 8.98. The fraction of sp³-hybridized carbons (Fsp3) is 0.562. The van der Waals surface area contributed by atoms with Gasteiger partial charge in [0.15, 0.2) is 0 Å². The van der Waals surface area contributed by atoms with Gasteiger partial charge in [0.25, 0.3) is 0 Å². The highest BCUT2D eigenvalue weighted by atomic mass is 32.2. The number of amides is 1. The van der Waals surface area contributed by atoms with Crippen molar-refractivity contribution in [3.63, 3.8) is 0 Å². The first-order chi connectivity index (χ1) is 11.1. The summed E-state index contributed by atoms with van der Waals surface area (Å²) in [5, 5.41) is 3.37. The van der Waals surface area contributed by atoms with Crippen molar-refractivity contribution in [2.45, 2.75) is 31.9 Å². The van der Waals surface area contributed by atoms with Gasteiger partial charge in [-0.15, -0.1) is 0 Å². The number of hydrogen-bond donors (Lipinski definition) is 1. The highest BCUT2D eigenvalue weighted by Crippen LogP contribution is 2.31. The molecule has 0 aliphatic carbocycles. The summed E-state index contributed by atoms with van der Waals surface area (Å²) in [5.41, 5.74) is 1.72. The molecule has 0 spiro atoms. The third-order valence-electron chi connectivity index (χ3n) is 4.12. The van der Waals surface area contributed by atoms with Crippen molar-refractivity contribution in [2.24, 2.45) is 0 Å². The van der Waals surface area contributed by atoms with E-state index in [0.717, 1.165) is 42.1 Å². The summed E-state index contributed by atoms with van der Waals surface area (Å²) in [6.45, 7) is -1.21. The lowest BCUT2D eigenvalue weighted by molar-refractivity contribution is -0.119. The molecule has 2 aliphatic rings. The van der Waals surface area contributed by atoms with Gasteiger partial charge in [-0.2, -0.15) is 20.5 Å². The lowest BCUT2D eigenvalue weighted by Gasteiger charge is -2.32. The van der Waals surface area contributed by atoms with Crippen LogP contribution < -0.4 is 15.0 Å². The first-order valence-electron chi connectivity index (χ1n) is 7.83. The Hall–Kier alpha value is -1.34. The minimum absolute atomic E-state index is 0.0912. The molecule has 0 aromatic heterocycles. The molecular weight excluding hydrogens is 322 g/mol. The van der Waals surface area contributed by atoms with E-state index in [9.17, 15) is 13.6 Å². The van der Waals surface area contributed by atoms with E-state index in [0.29, 0.717) is 13.0 Å². The van der Waals surface area contributed by atoms with Gasteiger partial charge in [0, 0.05) is 42.7 Å². The van der Waals surface area contributed by atoms with Crippen LogP contribution in [0.3, 0.4) is 0 Å². The van der Waals surface area contributed by atoms with Gasteiger partial charge in [-0.05, 0) is 36.6 Å². The van der Waals surface area contributed by atoms with Crippen molar-refractivity contribution in [1.82, 2.24) is 5.32 Å². The minimum atomic E-state index is -2.83. The minimum Gasteiger partial charge on any atom is -0.435 e. The molecule has 1 unspecified atom stereocenters. The molecule has 2 heterocycles. The molecule has 1 aromatic carbocycles. The summed E-state index contributed by atoms with van der Waals surface area (Å²) in [4.78, 5) is 14.4. The Labute approximate surface area is 138 Å². The number of alkyl halides is 2. The van der Waals surface area contributed by atoms with Crippen LogP contribution in [-0.4, -0.2) is 43.2 Å². The Bertz CT molecular complexity index is 565. The van der Waals surface area contributed by atoms with Crippen LogP contribution in [0.15, 0.2) is 18.2 Å². The van der Waals surface area contributed by atoms with Crippen LogP contribution in [0.1, 0.15) is 18.4 Å². The van der Waals surface area contributed by atoms with Crippen LogP contribution in [0, 0.1) is 0 Å². The fourth-order valence-corrected chi connectivity index (χ4v) is 4.03. The fourth-order valence-electron chi connectivity index (χ4n) is 3.08. The van der Waals surface area contributed by atoms with Crippen molar-refractivity contribution in [1.29, 1.82) is 0 Å². The molecule has 1 N–H and O–H groups in total. The van der Waals surface area contributed by atoms with E-state index in [-0.39, 0.29) is 17.7 Å². The Morgan fingerprint density at radius 2 is 2.35 bits per heavy atom. The predicted molar refractivity (Wildman–Crippen MR) is 87.5 cm³/mol. The molecule has 1 aromatic rings. The molecule has 2 aliphatic heterocycles. The van der Waals surface area contributed by atoms with E-state index in [2.05, 4.69) is 10.1 Å². The van der Waals surface area contributed by atoms with Crippen molar-refractivity contribution in [3.05, 3.63) is 23.8 Å². The van der Waals surface area contributed by atoms with E-state index in [4.69, 9.17) is 0 Å². The molecule has 4 nitrogen and oxygen atoms in total. The lowest BCUT2D eigenvalue weighted by atomic mass is 10.0. The Balaban J connectivity index is 1.71. The summed E-state index contributed by atoms with van der Waals surface area (Å²) in [6.07, 6.45) is 2.09. The third kappa shape index (κ3) is 4.14. The predicted octanol–water partition coefficient (Wildman–Crippen LogP) is 2.66. The van der Waals surface area contributed by atoms with E-state index >= 15 is 0 Å². The highest BCUT2D eigenvalue weighted by Gasteiger charge is 2.26. The molecule has 0 bridgehead atoms. The molecule has 0 saturated carbocycles. The van der Waals surface area contributed by atoms with Gasteiger partial charge in [-0.3, -0.25) is 4.79 Å². The number of aryl methyl sites for hydroxylation is 1. The maximum absolute atomic E-state index is 12.6. The first kappa shape index (κ1) is 16.5. The molecule has 7 heteroatoms. The van der Waals surface area contributed by atoms with Crippen LogP contribution in [-0.2, 0) is 11.2 Å². The lowest BCUT2D eigenvalue weighted by Crippen LogP contribution is -2.44. The zero-order valence-corrected chi connectivity index (χ0v) is 13.6. The number of nitrogens with one attached hydrogen (secondary N) is 1. The molecule has 126 valence electrons. The Kier molecular flexibility index (Phi) is 5.38. The van der Waals surface area contributed by atoms with Gasteiger partial charge in [0.2, 0.25) is 5.91 Å². The molecule has 23 heavy (non-hydrogen) atoms. The van der Waals surface area contributed by atoms with Gasteiger partial charge in [0.05, 0.1) is 0 Å². The van der Waals surface area contributed by atoms with E-state index in [1.54, 1.807) is 17.0 Å². The second-order valence-electron chi connectivity index (χ2n) is 5.75. The highest BCUT2D eigenvalue weighted by molar-refractivity contribution is 7.99. The van der Waals surface area contributed by atoms with Crippen LogP contribution in [0.25, 0.3) is 0 Å². The van der Waals surface area contributed by atoms with E-state index < -0.39 is 6.61 Å².